The normalized spacial score (nSPS) is 16.3. The Morgan fingerprint density at radius 2 is 2.06 bits per heavy atom. The number of aromatic nitrogens is 2. The third-order valence-corrected chi connectivity index (χ3v) is 5.10. The molecule has 158 valence electrons. The molecular formula is C23H21FN4O3. The molecule has 0 fully saturated rings. The lowest BCUT2D eigenvalue weighted by molar-refractivity contribution is 0.209. The number of benzene rings is 2. The highest BCUT2D eigenvalue weighted by Crippen LogP contribution is 2.37. The van der Waals surface area contributed by atoms with Crippen LogP contribution < -0.4 is 10.1 Å². The fourth-order valence-electron chi connectivity index (χ4n) is 3.52. The lowest BCUT2D eigenvalue weighted by atomic mass is 9.94. The summed E-state index contributed by atoms with van der Waals surface area (Å²) in [7, 11) is 1.58. The maximum atomic E-state index is 13.5. The highest BCUT2D eigenvalue weighted by Gasteiger charge is 2.35. The standard InChI is InChI=1S/C23H21FN4O3/c1-4-12-28-14(2)19(20(25-23(28)29)15-8-10-17(24)11-9-15)22-26-21(27-31-22)16-6-5-7-18(13-16)30-3/h4-11,13,20H,1,12H2,2-3H3,(H,25,29). The molecule has 1 unspecified atom stereocenters. The largest absolute Gasteiger partial charge is 0.497 e. The van der Waals surface area contributed by atoms with Crippen LogP contribution in [0.5, 0.6) is 5.75 Å². The maximum Gasteiger partial charge on any atom is 0.322 e. The van der Waals surface area contributed by atoms with Crippen LogP contribution in [-0.4, -0.2) is 34.7 Å². The molecule has 1 aliphatic heterocycles. The molecule has 0 aliphatic carbocycles. The molecule has 31 heavy (non-hydrogen) atoms. The van der Waals surface area contributed by atoms with Gasteiger partial charge >= 0.3 is 6.03 Å². The summed E-state index contributed by atoms with van der Waals surface area (Å²) in [5, 5.41) is 7.06. The van der Waals surface area contributed by atoms with Crippen LogP contribution in [0.2, 0.25) is 0 Å². The van der Waals surface area contributed by atoms with E-state index in [9.17, 15) is 9.18 Å². The van der Waals surface area contributed by atoms with Gasteiger partial charge in [-0.2, -0.15) is 4.98 Å². The van der Waals surface area contributed by atoms with E-state index in [4.69, 9.17) is 9.26 Å². The van der Waals surface area contributed by atoms with Crippen LogP contribution >= 0.6 is 0 Å². The molecule has 4 rings (SSSR count). The summed E-state index contributed by atoms with van der Waals surface area (Å²) in [6, 6.07) is 12.4. The zero-order valence-corrected chi connectivity index (χ0v) is 17.1. The molecule has 3 aromatic rings. The number of carbonyl (C=O) groups excluding carboxylic acids is 1. The number of urea groups is 1. The van der Waals surface area contributed by atoms with Crippen LogP contribution in [0.3, 0.4) is 0 Å². The minimum Gasteiger partial charge on any atom is -0.497 e. The number of halogens is 1. The molecule has 7 nitrogen and oxygen atoms in total. The van der Waals surface area contributed by atoms with E-state index in [2.05, 4.69) is 22.0 Å². The summed E-state index contributed by atoms with van der Waals surface area (Å²) in [5.74, 6) is 0.961. The first-order valence-electron chi connectivity index (χ1n) is 9.65. The van der Waals surface area contributed by atoms with Gasteiger partial charge in [-0.1, -0.05) is 35.5 Å². The summed E-state index contributed by atoms with van der Waals surface area (Å²) in [4.78, 5) is 18.8. The number of hydrogen-bond acceptors (Lipinski definition) is 5. The minimum atomic E-state index is -0.576. The lowest BCUT2D eigenvalue weighted by Crippen LogP contribution is -2.46. The Morgan fingerprint density at radius 1 is 1.29 bits per heavy atom. The fourth-order valence-corrected chi connectivity index (χ4v) is 3.52. The molecule has 0 saturated heterocycles. The Labute approximate surface area is 178 Å². The van der Waals surface area contributed by atoms with Crippen molar-refractivity contribution in [2.24, 2.45) is 0 Å². The van der Waals surface area contributed by atoms with Crippen molar-refractivity contribution >= 4 is 11.6 Å². The smallest absolute Gasteiger partial charge is 0.322 e. The van der Waals surface area contributed by atoms with Crippen LogP contribution in [0.15, 0.2) is 71.4 Å². The van der Waals surface area contributed by atoms with E-state index in [0.29, 0.717) is 35.0 Å². The van der Waals surface area contributed by atoms with Gasteiger partial charge in [0.05, 0.1) is 18.7 Å². The highest BCUT2D eigenvalue weighted by molar-refractivity contribution is 5.87. The number of ether oxygens (including phenoxy) is 1. The third kappa shape index (κ3) is 3.92. The Balaban J connectivity index is 1.81. The number of nitrogens with one attached hydrogen (secondary N) is 1. The van der Waals surface area contributed by atoms with Gasteiger partial charge in [0.25, 0.3) is 5.89 Å². The van der Waals surface area contributed by atoms with Crippen molar-refractivity contribution in [1.29, 1.82) is 0 Å². The SMILES string of the molecule is C=CCN1C(=O)NC(c2ccc(F)cc2)C(c2nc(-c3cccc(OC)c3)no2)=C1C. The Hall–Kier alpha value is -3.94. The molecule has 2 amide bonds. The molecule has 1 N–H and O–H groups in total. The number of rotatable bonds is 6. The average Bonchev–Trinajstić information content (AvgIpc) is 3.26. The van der Waals surface area contributed by atoms with Crippen molar-refractivity contribution in [3.8, 4) is 17.1 Å². The first-order chi connectivity index (χ1) is 15.0. The Kier molecular flexibility index (Phi) is 5.53. The van der Waals surface area contributed by atoms with E-state index in [1.807, 2.05) is 25.1 Å². The predicted octanol–water partition coefficient (Wildman–Crippen LogP) is 4.57. The molecule has 1 aliphatic rings. The van der Waals surface area contributed by atoms with Gasteiger partial charge in [-0.05, 0) is 36.8 Å². The average molecular weight is 420 g/mol. The fraction of sp³-hybridized carbons (Fsp3) is 0.174. The molecular weight excluding hydrogens is 399 g/mol. The number of allylic oxidation sites excluding steroid dienone is 1. The van der Waals surface area contributed by atoms with Gasteiger partial charge in [-0.25, -0.2) is 9.18 Å². The van der Waals surface area contributed by atoms with E-state index in [1.165, 1.54) is 17.0 Å². The number of carbonyl (C=O) groups is 1. The van der Waals surface area contributed by atoms with E-state index < -0.39 is 6.04 Å². The molecule has 1 aromatic heterocycles. The third-order valence-electron chi connectivity index (χ3n) is 5.10. The Bertz CT molecular complexity index is 1150. The molecule has 2 heterocycles. The van der Waals surface area contributed by atoms with Crippen molar-refractivity contribution in [3.05, 3.63) is 84.2 Å². The lowest BCUT2D eigenvalue weighted by Gasteiger charge is -2.34. The van der Waals surface area contributed by atoms with Crippen LogP contribution in [-0.2, 0) is 0 Å². The molecule has 2 aromatic carbocycles. The zero-order valence-electron chi connectivity index (χ0n) is 17.1. The van der Waals surface area contributed by atoms with E-state index >= 15 is 0 Å². The van der Waals surface area contributed by atoms with E-state index in [0.717, 1.165) is 5.56 Å². The van der Waals surface area contributed by atoms with Gasteiger partial charge in [-0.15, -0.1) is 6.58 Å². The van der Waals surface area contributed by atoms with Gasteiger partial charge in [0.15, 0.2) is 0 Å². The molecule has 0 bridgehead atoms. The van der Waals surface area contributed by atoms with E-state index in [1.54, 1.807) is 31.4 Å². The van der Waals surface area contributed by atoms with Crippen molar-refractivity contribution in [3.63, 3.8) is 0 Å². The van der Waals surface area contributed by atoms with Crippen LogP contribution in [0.4, 0.5) is 9.18 Å². The summed E-state index contributed by atoms with van der Waals surface area (Å²) in [6.45, 7) is 5.84. The summed E-state index contributed by atoms with van der Waals surface area (Å²) >= 11 is 0. The first-order valence-corrected chi connectivity index (χ1v) is 9.65. The second-order valence-electron chi connectivity index (χ2n) is 6.99. The van der Waals surface area contributed by atoms with Gasteiger partial charge < -0.3 is 14.6 Å². The second kappa shape index (κ2) is 8.43. The number of methoxy groups -OCH3 is 1. The quantitative estimate of drug-likeness (QED) is 0.591. The molecule has 1 atom stereocenters. The van der Waals surface area contributed by atoms with Crippen molar-refractivity contribution in [1.82, 2.24) is 20.4 Å². The summed E-state index contributed by atoms with van der Waals surface area (Å²) < 4.78 is 24.3. The van der Waals surface area contributed by atoms with Crippen molar-refractivity contribution in [2.45, 2.75) is 13.0 Å². The van der Waals surface area contributed by atoms with Crippen LogP contribution in [0, 0.1) is 5.82 Å². The summed E-state index contributed by atoms with van der Waals surface area (Å²) in [6.07, 6.45) is 1.63. The molecule has 0 radical (unpaired) electrons. The van der Waals surface area contributed by atoms with Gasteiger partial charge in [0.2, 0.25) is 5.82 Å². The molecule has 8 heteroatoms. The molecule has 0 spiro atoms. The monoisotopic (exact) mass is 420 g/mol. The van der Waals surface area contributed by atoms with Gasteiger partial charge in [0.1, 0.15) is 11.6 Å². The predicted molar refractivity (Wildman–Crippen MR) is 113 cm³/mol. The number of nitrogens with zero attached hydrogens (tertiary/aromatic N) is 3. The second-order valence-corrected chi connectivity index (χ2v) is 6.99. The maximum absolute atomic E-state index is 13.5. The zero-order chi connectivity index (χ0) is 22.0. The summed E-state index contributed by atoms with van der Waals surface area (Å²) in [5.41, 5.74) is 2.71. The topological polar surface area (TPSA) is 80.5 Å². The van der Waals surface area contributed by atoms with Gasteiger partial charge in [0, 0.05) is 17.8 Å². The number of hydrogen-bond donors (Lipinski definition) is 1. The Morgan fingerprint density at radius 3 is 2.77 bits per heavy atom. The van der Waals surface area contributed by atoms with Gasteiger partial charge in [-0.3, -0.25) is 4.90 Å². The number of amides is 2. The molecule has 0 saturated carbocycles. The highest BCUT2D eigenvalue weighted by atomic mass is 19.1. The van der Waals surface area contributed by atoms with Crippen molar-refractivity contribution in [2.75, 3.05) is 13.7 Å². The van der Waals surface area contributed by atoms with E-state index in [-0.39, 0.29) is 17.7 Å². The first kappa shape index (κ1) is 20.3. The minimum absolute atomic E-state index is 0.263. The van der Waals surface area contributed by atoms with Crippen LogP contribution in [0.1, 0.15) is 24.4 Å². The van der Waals surface area contributed by atoms with Crippen LogP contribution in [0.25, 0.3) is 17.0 Å². The van der Waals surface area contributed by atoms with Crippen molar-refractivity contribution < 1.29 is 18.4 Å².